The van der Waals surface area contributed by atoms with Gasteiger partial charge in [0.2, 0.25) is 0 Å². The van der Waals surface area contributed by atoms with E-state index >= 15 is 0 Å². The molecule has 0 amide bonds. The summed E-state index contributed by atoms with van der Waals surface area (Å²) in [7, 11) is 0. The van der Waals surface area contributed by atoms with Crippen molar-refractivity contribution in [2.45, 2.75) is 46.4 Å². The second kappa shape index (κ2) is 6.07. The molecule has 2 heterocycles. The maximum atomic E-state index is 5.94. The molecule has 0 aliphatic carbocycles. The van der Waals surface area contributed by atoms with Gasteiger partial charge in [0.05, 0.1) is 25.3 Å². The number of furan rings is 1. The first-order valence-electron chi connectivity index (χ1n) is 7.15. The molecule has 2 rings (SSSR count). The lowest BCUT2D eigenvalue weighted by Gasteiger charge is -2.37. The minimum Gasteiger partial charge on any atom is -0.463 e. The number of hydrogen-bond donors (Lipinski definition) is 1. The largest absolute Gasteiger partial charge is 0.463 e. The average Bonchev–Trinajstić information content (AvgIpc) is 2.65. The van der Waals surface area contributed by atoms with Crippen LogP contribution in [0, 0.1) is 6.92 Å². The zero-order valence-corrected chi connectivity index (χ0v) is 12.6. The van der Waals surface area contributed by atoms with Gasteiger partial charge in [-0.05, 0) is 38.9 Å². The van der Waals surface area contributed by atoms with Crippen molar-refractivity contribution in [3.05, 3.63) is 23.2 Å². The van der Waals surface area contributed by atoms with Crippen molar-refractivity contribution in [3.63, 3.8) is 0 Å². The summed E-state index contributed by atoms with van der Waals surface area (Å²) < 4.78 is 11.7. The third-order valence-corrected chi connectivity index (χ3v) is 3.49. The van der Waals surface area contributed by atoms with Gasteiger partial charge in [0.25, 0.3) is 0 Å². The van der Waals surface area contributed by atoms with Crippen molar-refractivity contribution >= 4 is 0 Å². The topological polar surface area (TPSA) is 37.6 Å². The van der Waals surface area contributed by atoms with E-state index in [2.05, 4.69) is 44.0 Å². The number of morpholine rings is 1. The van der Waals surface area contributed by atoms with Gasteiger partial charge in [-0.15, -0.1) is 0 Å². The Labute approximate surface area is 116 Å². The molecule has 1 aromatic heterocycles. The standard InChI is InChI=1S/C15H26N2O2/c1-5-16-9-14-12(2)8-13(19-14)10-17-6-7-18-15(3,4)11-17/h8,16H,5-7,9-11H2,1-4H3. The summed E-state index contributed by atoms with van der Waals surface area (Å²) in [6.45, 7) is 13.9. The molecule has 0 spiro atoms. The van der Waals surface area contributed by atoms with Crippen molar-refractivity contribution in [1.82, 2.24) is 10.2 Å². The molecule has 0 unspecified atom stereocenters. The van der Waals surface area contributed by atoms with Crippen LogP contribution in [0.5, 0.6) is 0 Å². The Balaban J connectivity index is 1.95. The van der Waals surface area contributed by atoms with E-state index in [-0.39, 0.29) is 5.60 Å². The smallest absolute Gasteiger partial charge is 0.120 e. The van der Waals surface area contributed by atoms with E-state index in [0.29, 0.717) is 0 Å². The van der Waals surface area contributed by atoms with Crippen molar-refractivity contribution in [2.75, 3.05) is 26.2 Å². The third-order valence-electron chi connectivity index (χ3n) is 3.49. The lowest BCUT2D eigenvalue weighted by molar-refractivity contribution is -0.0894. The predicted molar refractivity (Wildman–Crippen MR) is 76.1 cm³/mol. The van der Waals surface area contributed by atoms with Gasteiger partial charge >= 0.3 is 0 Å². The van der Waals surface area contributed by atoms with Gasteiger partial charge in [-0.25, -0.2) is 0 Å². The average molecular weight is 266 g/mol. The van der Waals surface area contributed by atoms with E-state index in [9.17, 15) is 0 Å². The van der Waals surface area contributed by atoms with E-state index in [1.54, 1.807) is 0 Å². The lowest BCUT2D eigenvalue weighted by atomic mass is 10.1. The fourth-order valence-electron chi connectivity index (χ4n) is 2.55. The van der Waals surface area contributed by atoms with Gasteiger partial charge in [-0.2, -0.15) is 0 Å². The molecule has 0 radical (unpaired) electrons. The van der Waals surface area contributed by atoms with Crippen LogP contribution >= 0.6 is 0 Å². The second-order valence-corrected chi connectivity index (χ2v) is 5.92. The van der Waals surface area contributed by atoms with Crippen LogP contribution in [0.4, 0.5) is 0 Å². The fraction of sp³-hybridized carbons (Fsp3) is 0.733. The molecule has 1 saturated heterocycles. The zero-order chi connectivity index (χ0) is 13.9. The van der Waals surface area contributed by atoms with E-state index < -0.39 is 0 Å². The van der Waals surface area contributed by atoms with Gasteiger partial charge in [-0.3, -0.25) is 4.90 Å². The maximum absolute atomic E-state index is 5.94. The Bertz CT molecular complexity index is 412. The highest BCUT2D eigenvalue weighted by Crippen LogP contribution is 2.21. The first-order chi connectivity index (χ1) is 9.00. The maximum Gasteiger partial charge on any atom is 0.120 e. The molecule has 0 saturated carbocycles. The monoisotopic (exact) mass is 266 g/mol. The third kappa shape index (κ3) is 4.06. The van der Waals surface area contributed by atoms with Crippen molar-refractivity contribution < 1.29 is 9.15 Å². The van der Waals surface area contributed by atoms with Gasteiger partial charge in [0, 0.05) is 13.1 Å². The second-order valence-electron chi connectivity index (χ2n) is 5.92. The fourth-order valence-corrected chi connectivity index (χ4v) is 2.55. The van der Waals surface area contributed by atoms with Crippen LogP contribution in [0.15, 0.2) is 10.5 Å². The first kappa shape index (κ1) is 14.6. The summed E-state index contributed by atoms with van der Waals surface area (Å²) >= 11 is 0. The minimum atomic E-state index is -0.0491. The summed E-state index contributed by atoms with van der Waals surface area (Å²) in [5, 5.41) is 3.31. The van der Waals surface area contributed by atoms with Crippen LogP contribution in [-0.4, -0.2) is 36.7 Å². The molecule has 108 valence electrons. The molecule has 4 nitrogen and oxygen atoms in total. The number of rotatable bonds is 5. The quantitative estimate of drug-likeness (QED) is 0.887. The van der Waals surface area contributed by atoms with Crippen LogP contribution in [0.25, 0.3) is 0 Å². The number of aryl methyl sites for hydroxylation is 1. The van der Waals surface area contributed by atoms with E-state index in [0.717, 1.165) is 50.9 Å². The molecule has 19 heavy (non-hydrogen) atoms. The lowest BCUT2D eigenvalue weighted by Crippen LogP contribution is -2.47. The summed E-state index contributed by atoms with van der Waals surface area (Å²) in [6.07, 6.45) is 0. The minimum absolute atomic E-state index is 0.0491. The summed E-state index contributed by atoms with van der Waals surface area (Å²) in [5.41, 5.74) is 1.19. The van der Waals surface area contributed by atoms with Crippen LogP contribution in [-0.2, 0) is 17.8 Å². The molecule has 1 fully saturated rings. The van der Waals surface area contributed by atoms with Crippen LogP contribution < -0.4 is 5.32 Å². The van der Waals surface area contributed by atoms with Gasteiger partial charge in [0.15, 0.2) is 0 Å². The Kier molecular flexibility index (Phi) is 4.66. The Hall–Kier alpha value is -0.840. The molecule has 1 aromatic rings. The predicted octanol–water partition coefficient (Wildman–Crippen LogP) is 2.31. The highest BCUT2D eigenvalue weighted by molar-refractivity contribution is 5.20. The molecule has 0 bridgehead atoms. The van der Waals surface area contributed by atoms with E-state index in [4.69, 9.17) is 9.15 Å². The van der Waals surface area contributed by atoms with Crippen molar-refractivity contribution in [2.24, 2.45) is 0 Å². The van der Waals surface area contributed by atoms with Crippen molar-refractivity contribution in [1.29, 1.82) is 0 Å². The number of hydrogen-bond acceptors (Lipinski definition) is 4. The molecule has 1 aliphatic heterocycles. The van der Waals surface area contributed by atoms with Crippen LogP contribution in [0.1, 0.15) is 37.9 Å². The highest BCUT2D eigenvalue weighted by Gasteiger charge is 2.27. The van der Waals surface area contributed by atoms with Gasteiger partial charge in [0.1, 0.15) is 11.5 Å². The molecule has 0 aromatic carbocycles. The molecular formula is C15H26N2O2. The first-order valence-corrected chi connectivity index (χ1v) is 7.15. The normalized spacial score (nSPS) is 19.8. The van der Waals surface area contributed by atoms with E-state index in [1.165, 1.54) is 5.56 Å². The molecule has 0 atom stereocenters. The van der Waals surface area contributed by atoms with Gasteiger partial charge < -0.3 is 14.5 Å². The molecular weight excluding hydrogens is 240 g/mol. The SMILES string of the molecule is CCNCc1oc(CN2CCOC(C)(C)C2)cc1C. The summed E-state index contributed by atoms with van der Waals surface area (Å²) in [6, 6.07) is 2.16. The van der Waals surface area contributed by atoms with E-state index in [1.807, 2.05) is 0 Å². The molecule has 1 aliphatic rings. The van der Waals surface area contributed by atoms with Crippen LogP contribution in [0.2, 0.25) is 0 Å². The summed E-state index contributed by atoms with van der Waals surface area (Å²) in [4.78, 5) is 2.40. The number of ether oxygens (including phenoxy) is 1. The Morgan fingerprint density at radius 2 is 2.21 bits per heavy atom. The molecule has 1 N–H and O–H groups in total. The summed E-state index contributed by atoms with van der Waals surface area (Å²) in [5.74, 6) is 2.12. The van der Waals surface area contributed by atoms with Crippen LogP contribution in [0.3, 0.4) is 0 Å². The number of nitrogens with one attached hydrogen (secondary N) is 1. The Morgan fingerprint density at radius 3 is 2.89 bits per heavy atom. The number of nitrogens with zero attached hydrogens (tertiary/aromatic N) is 1. The highest BCUT2D eigenvalue weighted by atomic mass is 16.5. The Morgan fingerprint density at radius 1 is 1.42 bits per heavy atom. The van der Waals surface area contributed by atoms with Crippen molar-refractivity contribution in [3.8, 4) is 0 Å². The van der Waals surface area contributed by atoms with Gasteiger partial charge in [-0.1, -0.05) is 6.92 Å². The zero-order valence-electron chi connectivity index (χ0n) is 12.6. The molecule has 4 heteroatoms.